The fourth-order valence-corrected chi connectivity index (χ4v) is 2.70. The van der Waals surface area contributed by atoms with E-state index in [1.807, 2.05) is 49.2 Å². The summed E-state index contributed by atoms with van der Waals surface area (Å²) in [6.45, 7) is 4.10. The Labute approximate surface area is 123 Å². The molecule has 0 aliphatic heterocycles. The Morgan fingerprint density at radius 3 is 2.75 bits per heavy atom. The first kappa shape index (κ1) is 14.7. The Kier molecular flexibility index (Phi) is 5.26. The van der Waals surface area contributed by atoms with Crippen molar-refractivity contribution in [3.63, 3.8) is 0 Å². The lowest BCUT2D eigenvalue weighted by Crippen LogP contribution is -2.22. The lowest BCUT2D eigenvalue weighted by Gasteiger charge is -2.14. The molecule has 0 radical (unpaired) electrons. The van der Waals surface area contributed by atoms with Crippen molar-refractivity contribution in [2.24, 2.45) is 0 Å². The Morgan fingerprint density at radius 2 is 2.10 bits per heavy atom. The summed E-state index contributed by atoms with van der Waals surface area (Å²) in [4.78, 5) is 18.5. The van der Waals surface area contributed by atoms with Gasteiger partial charge in [0.15, 0.2) is 11.4 Å². The number of hydrogen-bond donors (Lipinski definition) is 0. The van der Waals surface area contributed by atoms with Crippen molar-refractivity contribution in [2.45, 2.75) is 6.92 Å². The van der Waals surface area contributed by atoms with E-state index in [1.54, 1.807) is 0 Å². The number of benzene rings is 1. The van der Waals surface area contributed by atoms with Gasteiger partial charge in [0.25, 0.3) is 0 Å². The highest BCUT2D eigenvalue weighted by Crippen LogP contribution is 2.31. The highest BCUT2D eigenvalue weighted by atomic mass is 32.1. The first-order chi connectivity index (χ1) is 9.76. The quantitative estimate of drug-likeness (QED) is 0.580. The average Bonchev–Trinajstić information content (AvgIpc) is 2.92. The van der Waals surface area contributed by atoms with Crippen LogP contribution in [-0.4, -0.2) is 38.1 Å². The predicted molar refractivity (Wildman–Crippen MR) is 82.7 cm³/mol. The van der Waals surface area contributed by atoms with Gasteiger partial charge in [-0.25, -0.2) is 4.98 Å². The number of aldehydes is 1. The molecule has 0 spiro atoms. The molecule has 106 valence electrons. The Hall–Kier alpha value is -1.72. The molecule has 2 aromatic rings. The summed E-state index contributed by atoms with van der Waals surface area (Å²) < 4.78 is 5.34. The van der Waals surface area contributed by atoms with Gasteiger partial charge in [0.05, 0.1) is 17.2 Å². The Balaban J connectivity index is 2.20. The molecule has 0 saturated carbocycles. The summed E-state index contributed by atoms with van der Waals surface area (Å²) in [7, 11) is 1.96. The standard InChI is InChI=1S/C15H18N2O2S/c1-3-19-10-9-17(2)15-16-14(13(11-18)20-15)12-7-5-4-6-8-12/h4-8,11H,3,9-10H2,1-2H3. The first-order valence-electron chi connectivity index (χ1n) is 6.56. The van der Waals surface area contributed by atoms with E-state index in [-0.39, 0.29) is 0 Å². The fraction of sp³-hybridized carbons (Fsp3) is 0.333. The normalized spacial score (nSPS) is 10.5. The lowest BCUT2D eigenvalue weighted by molar-refractivity contribution is 0.112. The smallest absolute Gasteiger partial charge is 0.186 e. The fourth-order valence-electron chi connectivity index (χ4n) is 1.81. The summed E-state index contributed by atoms with van der Waals surface area (Å²) in [6, 6.07) is 9.77. The van der Waals surface area contributed by atoms with Crippen molar-refractivity contribution in [3.05, 3.63) is 35.2 Å². The van der Waals surface area contributed by atoms with Gasteiger partial charge in [-0.1, -0.05) is 41.7 Å². The second-order valence-corrected chi connectivity index (χ2v) is 5.32. The van der Waals surface area contributed by atoms with Crippen LogP contribution in [0.2, 0.25) is 0 Å². The van der Waals surface area contributed by atoms with Crippen LogP contribution in [0.3, 0.4) is 0 Å². The van der Waals surface area contributed by atoms with E-state index in [4.69, 9.17) is 4.74 Å². The highest BCUT2D eigenvalue weighted by molar-refractivity contribution is 7.17. The molecule has 1 aromatic carbocycles. The third-order valence-electron chi connectivity index (χ3n) is 2.90. The number of carbonyl (C=O) groups excluding carboxylic acids is 1. The highest BCUT2D eigenvalue weighted by Gasteiger charge is 2.14. The van der Waals surface area contributed by atoms with Gasteiger partial charge in [0.1, 0.15) is 0 Å². The molecule has 0 bridgehead atoms. The zero-order valence-corrected chi connectivity index (χ0v) is 12.5. The molecule has 2 rings (SSSR count). The molecule has 0 aliphatic rings. The van der Waals surface area contributed by atoms with Crippen LogP contribution in [-0.2, 0) is 4.74 Å². The van der Waals surface area contributed by atoms with Crippen molar-refractivity contribution in [1.82, 2.24) is 4.98 Å². The van der Waals surface area contributed by atoms with Crippen LogP contribution in [0.25, 0.3) is 11.3 Å². The lowest BCUT2D eigenvalue weighted by atomic mass is 10.1. The molecule has 0 amide bonds. The van der Waals surface area contributed by atoms with Crippen LogP contribution in [0.15, 0.2) is 30.3 Å². The molecule has 0 unspecified atom stereocenters. The van der Waals surface area contributed by atoms with E-state index in [0.29, 0.717) is 18.1 Å². The molecular formula is C15H18N2O2S. The van der Waals surface area contributed by atoms with Gasteiger partial charge in [0, 0.05) is 25.8 Å². The maximum absolute atomic E-state index is 11.2. The van der Waals surface area contributed by atoms with Crippen molar-refractivity contribution < 1.29 is 9.53 Å². The zero-order valence-electron chi connectivity index (χ0n) is 11.7. The molecule has 0 saturated heterocycles. The number of hydrogen-bond acceptors (Lipinski definition) is 5. The molecular weight excluding hydrogens is 272 g/mol. The first-order valence-corrected chi connectivity index (χ1v) is 7.38. The maximum Gasteiger partial charge on any atom is 0.186 e. The number of likely N-dealkylation sites (N-methyl/N-ethyl adjacent to an activating group) is 1. The number of thiazole rings is 1. The van der Waals surface area contributed by atoms with Crippen molar-refractivity contribution in [2.75, 3.05) is 31.7 Å². The van der Waals surface area contributed by atoms with E-state index in [0.717, 1.165) is 29.2 Å². The van der Waals surface area contributed by atoms with Crippen LogP contribution in [0.1, 0.15) is 16.6 Å². The van der Waals surface area contributed by atoms with Gasteiger partial charge in [-0.05, 0) is 6.92 Å². The van der Waals surface area contributed by atoms with Gasteiger partial charge in [-0.3, -0.25) is 4.79 Å². The number of rotatable bonds is 7. The number of carbonyl (C=O) groups is 1. The minimum absolute atomic E-state index is 0.656. The summed E-state index contributed by atoms with van der Waals surface area (Å²) in [5.41, 5.74) is 1.72. The minimum atomic E-state index is 0.656. The topological polar surface area (TPSA) is 42.4 Å². The Morgan fingerprint density at radius 1 is 1.35 bits per heavy atom. The molecule has 0 aliphatic carbocycles. The van der Waals surface area contributed by atoms with Crippen molar-refractivity contribution >= 4 is 22.8 Å². The monoisotopic (exact) mass is 290 g/mol. The second kappa shape index (κ2) is 7.17. The van der Waals surface area contributed by atoms with Crippen LogP contribution >= 0.6 is 11.3 Å². The number of anilines is 1. The van der Waals surface area contributed by atoms with Gasteiger partial charge < -0.3 is 9.64 Å². The maximum atomic E-state index is 11.2. The van der Waals surface area contributed by atoms with Gasteiger partial charge in [0.2, 0.25) is 0 Å². The van der Waals surface area contributed by atoms with Gasteiger partial charge in [-0.2, -0.15) is 0 Å². The van der Waals surface area contributed by atoms with E-state index >= 15 is 0 Å². The van der Waals surface area contributed by atoms with Crippen molar-refractivity contribution in [3.8, 4) is 11.3 Å². The molecule has 5 heteroatoms. The van der Waals surface area contributed by atoms with E-state index in [9.17, 15) is 4.79 Å². The number of nitrogens with zero attached hydrogens (tertiary/aromatic N) is 2. The third-order valence-corrected chi connectivity index (χ3v) is 3.99. The largest absolute Gasteiger partial charge is 0.380 e. The molecule has 0 fully saturated rings. The molecule has 1 heterocycles. The second-order valence-electron chi connectivity index (χ2n) is 4.31. The zero-order chi connectivity index (χ0) is 14.4. The van der Waals surface area contributed by atoms with Crippen molar-refractivity contribution in [1.29, 1.82) is 0 Å². The van der Waals surface area contributed by atoms with E-state index in [2.05, 4.69) is 4.98 Å². The third kappa shape index (κ3) is 3.43. The molecule has 0 atom stereocenters. The van der Waals surface area contributed by atoms with E-state index < -0.39 is 0 Å². The van der Waals surface area contributed by atoms with Gasteiger partial charge in [-0.15, -0.1) is 0 Å². The summed E-state index contributed by atoms with van der Waals surface area (Å²) >= 11 is 1.41. The number of aromatic nitrogens is 1. The summed E-state index contributed by atoms with van der Waals surface area (Å²) in [5, 5.41) is 0.839. The molecule has 4 nitrogen and oxygen atoms in total. The van der Waals surface area contributed by atoms with E-state index in [1.165, 1.54) is 11.3 Å². The van der Waals surface area contributed by atoms with Gasteiger partial charge >= 0.3 is 0 Å². The minimum Gasteiger partial charge on any atom is -0.380 e. The molecule has 0 N–H and O–H groups in total. The summed E-state index contributed by atoms with van der Waals surface area (Å²) in [6.07, 6.45) is 0.875. The van der Waals surface area contributed by atoms with Crippen LogP contribution in [0.5, 0.6) is 0 Å². The molecule has 20 heavy (non-hydrogen) atoms. The number of ether oxygens (including phenoxy) is 1. The molecule has 1 aromatic heterocycles. The SMILES string of the molecule is CCOCCN(C)c1nc(-c2ccccc2)c(C=O)s1. The van der Waals surface area contributed by atoms with Crippen LogP contribution < -0.4 is 4.90 Å². The van der Waals surface area contributed by atoms with Crippen LogP contribution in [0.4, 0.5) is 5.13 Å². The summed E-state index contributed by atoms with van der Waals surface area (Å²) in [5.74, 6) is 0. The average molecular weight is 290 g/mol. The predicted octanol–water partition coefficient (Wildman–Crippen LogP) is 3.10. The van der Waals surface area contributed by atoms with Crippen LogP contribution in [0, 0.1) is 0 Å². The Bertz CT molecular complexity index is 554.